The van der Waals surface area contributed by atoms with Gasteiger partial charge in [-0.3, -0.25) is 0 Å². The highest BCUT2D eigenvalue weighted by Gasteiger charge is 2.20. The van der Waals surface area contributed by atoms with Crippen LogP contribution in [0.1, 0.15) is 0 Å². The monoisotopic (exact) mass is 755 g/mol. The molecule has 272 valence electrons. The molecule has 1 aromatic heterocycles. The molecule has 0 spiro atoms. The normalized spacial score (nSPS) is 11.4. The van der Waals surface area contributed by atoms with Crippen LogP contribution in [0.2, 0.25) is 0 Å². The van der Waals surface area contributed by atoms with E-state index in [0.717, 1.165) is 11.4 Å². The summed E-state index contributed by atoms with van der Waals surface area (Å²) in [6, 6.07) is 81.8. The van der Waals surface area contributed by atoms with Crippen LogP contribution in [0.4, 0.5) is 17.1 Å². The predicted molar refractivity (Wildman–Crippen MR) is 251 cm³/mol. The third-order valence-electron chi connectivity index (χ3n) is 11.5. The molecule has 11 aromatic rings. The lowest BCUT2D eigenvalue weighted by Gasteiger charge is -2.26. The molecule has 11 rings (SSSR count). The van der Waals surface area contributed by atoms with Gasteiger partial charge >= 0.3 is 0 Å². The van der Waals surface area contributed by atoms with Crippen LogP contribution in [0.25, 0.3) is 86.2 Å². The zero-order chi connectivity index (χ0) is 38.4. The van der Waals surface area contributed by atoms with Gasteiger partial charge in [-0.2, -0.15) is 0 Å². The molecule has 0 bridgehead atoms. The van der Waals surface area contributed by atoms with Gasteiger partial charge in [-0.1, -0.05) is 188 Å². The zero-order valence-electron chi connectivity index (χ0n) is 31.7. The van der Waals surface area contributed by atoms with Crippen LogP contribution in [-0.4, -0.2) is 0 Å². The summed E-state index contributed by atoms with van der Waals surface area (Å²) in [5.74, 6) is 0. The maximum Gasteiger partial charge on any atom is 0.0640 e. The van der Waals surface area contributed by atoms with Crippen LogP contribution < -0.4 is 4.90 Å². The van der Waals surface area contributed by atoms with Gasteiger partial charge in [0.05, 0.1) is 10.4 Å². The number of hydrogen-bond donors (Lipinski definition) is 0. The molecule has 0 radical (unpaired) electrons. The van der Waals surface area contributed by atoms with Crippen molar-refractivity contribution in [3.63, 3.8) is 0 Å². The van der Waals surface area contributed by atoms with Gasteiger partial charge in [-0.05, 0) is 102 Å². The van der Waals surface area contributed by atoms with Crippen molar-refractivity contribution in [1.29, 1.82) is 0 Å². The Balaban J connectivity index is 1.05. The van der Waals surface area contributed by atoms with E-state index in [1.54, 1.807) is 0 Å². The van der Waals surface area contributed by atoms with Crippen LogP contribution in [0, 0.1) is 0 Å². The van der Waals surface area contributed by atoms with Gasteiger partial charge in [0.25, 0.3) is 0 Å². The lowest BCUT2D eigenvalue weighted by molar-refractivity contribution is 1.30. The first-order valence-electron chi connectivity index (χ1n) is 19.8. The van der Waals surface area contributed by atoms with Gasteiger partial charge in [0, 0.05) is 26.8 Å². The zero-order valence-corrected chi connectivity index (χ0v) is 32.5. The van der Waals surface area contributed by atoms with Gasteiger partial charge in [0.1, 0.15) is 0 Å². The SMILES string of the molecule is c1ccc(-c2cccc3ccc(-c4ccc(N(c5ccc(-c6cccc7ccccc67)cc5)c5cccc6c5sc5c(-c7ccccc7)cccc56)cc4)cc23)cc1. The Kier molecular flexibility index (Phi) is 8.42. The molecule has 0 aliphatic heterocycles. The Morgan fingerprint density at radius 2 is 0.741 bits per heavy atom. The van der Waals surface area contributed by atoms with Gasteiger partial charge in [0.15, 0.2) is 0 Å². The van der Waals surface area contributed by atoms with Crippen LogP contribution >= 0.6 is 11.3 Å². The molecule has 1 heterocycles. The molecule has 0 atom stereocenters. The van der Waals surface area contributed by atoms with Crippen molar-refractivity contribution in [2.45, 2.75) is 0 Å². The van der Waals surface area contributed by atoms with Gasteiger partial charge < -0.3 is 4.90 Å². The Hall–Kier alpha value is -7.26. The van der Waals surface area contributed by atoms with E-state index in [0.29, 0.717) is 0 Å². The molecule has 0 unspecified atom stereocenters. The molecule has 58 heavy (non-hydrogen) atoms. The van der Waals surface area contributed by atoms with Crippen LogP contribution in [0.3, 0.4) is 0 Å². The van der Waals surface area contributed by atoms with Crippen molar-refractivity contribution < 1.29 is 0 Å². The van der Waals surface area contributed by atoms with E-state index in [1.165, 1.54) is 91.9 Å². The van der Waals surface area contributed by atoms with Crippen molar-refractivity contribution in [3.8, 4) is 44.5 Å². The maximum absolute atomic E-state index is 2.43. The topological polar surface area (TPSA) is 3.24 Å². The number of anilines is 3. The van der Waals surface area contributed by atoms with Crippen molar-refractivity contribution in [1.82, 2.24) is 0 Å². The van der Waals surface area contributed by atoms with Gasteiger partial charge in [0.2, 0.25) is 0 Å². The summed E-state index contributed by atoms with van der Waals surface area (Å²) in [5, 5.41) is 7.57. The summed E-state index contributed by atoms with van der Waals surface area (Å²) in [6.45, 7) is 0. The summed E-state index contributed by atoms with van der Waals surface area (Å²) >= 11 is 1.89. The van der Waals surface area contributed by atoms with Gasteiger partial charge in [-0.15, -0.1) is 11.3 Å². The number of benzene rings is 10. The summed E-state index contributed by atoms with van der Waals surface area (Å²) in [4.78, 5) is 2.43. The van der Waals surface area contributed by atoms with Crippen molar-refractivity contribution in [2.75, 3.05) is 4.90 Å². The Bertz CT molecular complexity index is 3250. The van der Waals surface area contributed by atoms with Crippen LogP contribution in [-0.2, 0) is 0 Å². The number of rotatable bonds is 7. The largest absolute Gasteiger partial charge is 0.309 e. The highest BCUT2D eigenvalue weighted by molar-refractivity contribution is 7.27. The third-order valence-corrected chi connectivity index (χ3v) is 12.8. The Morgan fingerprint density at radius 1 is 0.276 bits per heavy atom. The number of nitrogens with zero attached hydrogens (tertiary/aromatic N) is 1. The molecule has 0 saturated carbocycles. The van der Waals surface area contributed by atoms with E-state index in [-0.39, 0.29) is 0 Å². The van der Waals surface area contributed by atoms with E-state index in [2.05, 4.69) is 229 Å². The van der Waals surface area contributed by atoms with Crippen molar-refractivity contribution >= 4 is 70.1 Å². The van der Waals surface area contributed by atoms with E-state index < -0.39 is 0 Å². The van der Waals surface area contributed by atoms with Crippen LogP contribution in [0.15, 0.2) is 224 Å². The number of hydrogen-bond acceptors (Lipinski definition) is 2. The molecule has 10 aromatic carbocycles. The summed E-state index contributed by atoms with van der Waals surface area (Å²) in [6.07, 6.45) is 0. The molecule has 0 aliphatic rings. The molecule has 0 amide bonds. The third kappa shape index (κ3) is 5.94. The van der Waals surface area contributed by atoms with E-state index in [4.69, 9.17) is 0 Å². The van der Waals surface area contributed by atoms with E-state index in [1.807, 2.05) is 11.3 Å². The fourth-order valence-corrected chi connectivity index (χ4v) is 9.99. The number of fused-ring (bicyclic) bond motifs is 5. The van der Waals surface area contributed by atoms with Gasteiger partial charge in [-0.25, -0.2) is 0 Å². The first kappa shape index (κ1) is 34.0. The Morgan fingerprint density at radius 3 is 1.45 bits per heavy atom. The Labute approximate surface area is 342 Å². The molecule has 1 nitrogen and oxygen atoms in total. The first-order chi connectivity index (χ1) is 28.8. The maximum atomic E-state index is 2.43. The van der Waals surface area contributed by atoms with E-state index in [9.17, 15) is 0 Å². The quantitative estimate of drug-likeness (QED) is 0.157. The highest BCUT2D eigenvalue weighted by atomic mass is 32.1. The lowest BCUT2D eigenvalue weighted by Crippen LogP contribution is -2.10. The van der Waals surface area contributed by atoms with Crippen LogP contribution in [0.5, 0.6) is 0 Å². The van der Waals surface area contributed by atoms with Crippen molar-refractivity contribution in [3.05, 3.63) is 224 Å². The molecule has 0 N–H and O–H groups in total. The minimum atomic E-state index is 1.11. The average Bonchev–Trinajstić information content (AvgIpc) is 3.69. The van der Waals surface area contributed by atoms with Crippen molar-refractivity contribution in [2.24, 2.45) is 0 Å². The fourth-order valence-electron chi connectivity index (χ4n) is 8.65. The number of thiophene rings is 1. The minimum Gasteiger partial charge on any atom is -0.309 e. The summed E-state index contributed by atoms with van der Waals surface area (Å²) in [5.41, 5.74) is 13.2. The summed E-state index contributed by atoms with van der Waals surface area (Å²) < 4.78 is 2.58. The second-order valence-corrected chi connectivity index (χ2v) is 15.9. The molecule has 0 fully saturated rings. The fraction of sp³-hybridized carbons (Fsp3) is 0. The predicted octanol–water partition coefficient (Wildman–Crippen LogP) is 16.5. The standard InChI is InChI=1S/C56H37NS/c1-3-13-39(14-4-1)49-22-10-19-42-27-28-44(37-53(42)49)38-29-33-45(34-30-38)57(46-35-31-43(32-36-46)48-21-9-18-40-17-7-8-20-47(40)48)54-26-12-25-52-51-24-11-23-50(55(51)58-56(52)54)41-15-5-2-6-16-41/h1-37H. The summed E-state index contributed by atoms with van der Waals surface area (Å²) in [7, 11) is 0. The molecule has 2 heteroatoms. The average molecular weight is 756 g/mol. The highest BCUT2D eigenvalue weighted by Crippen LogP contribution is 2.47. The smallest absolute Gasteiger partial charge is 0.0640 e. The first-order valence-corrected chi connectivity index (χ1v) is 20.7. The molecule has 0 saturated heterocycles. The second-order valence-electron chi connectivity index (χ2n) is 14.9. The second kappa shape index (κ2) is 14.4. The molecular weight excluding hydrogens is 719 g/mol. The molecule has 0 aliphatic carbocycles. The molecular formula is C56H37NS. The van der Waals surface area contributed by atoms with E-state index >= 15 is 0 Å². The lowest BCUT2D eigenvalue weighted by atomic mass is 9.95. The minimum absolute atomic E-state index is 1.11.